The molecule has 0 aliphatic heterocycles. The Labute approximate surface area is 187 Å². The molecule has 0 radical (unpaired) electrons. The van der Waals surface area contributed by atoms with E-state index >= 15 is 0 Å². The number of nitrogens with zero attached hydrogens (tertiary/aromatic N) is 5. The Morgan fingerprint density at radius 1 is 1.03 bits per heavy atom. The van der Waals surface area contributed by atoms with Crippen LogP contribution in [0.2, 0.25) is 0 Å². The molecular weight excluding hydrogens is 402 g/mol. The molecular formula is C24H29N7O. The summed E-state index contributed by atoms with van der Waals surface area (Å²) in [6.07, 6.45) is 4.27. The van der Waals surface area contributed by atoms with Crippen molar-refractivity contribution in [3.05, 3.63) is 66.0 Å². The third-order valence-electron chi connectivity index (χ3n) is 5.32. The Hall–Kier alpha value is -3.52. The number of aliphatic hydroxyl groups is 1. The second-order valence-corrected chi connectivity index (χ2v) is 8.18. The summed E-state index contributed by atoms with van der Waals surface area (Å²) in [5.41, 5.74) is 5.00. The number of fused-ring (bicyclic) bond motifs is 1. The summed E-state index contributed by atoms with van der Waals surface area (Å²) < 4.78 is 1.75. The normalized spacial score (nSPS) is 12.3. The van der Waals surface area contributed by atoms with Gasteiger partial charge in [-0.05, 0) is 37.0 Å². The molecule has 3 heterocycles. The molecule has 0 saturated carbocycles. The first-order valence-electron chi connectivity index (χ1n) is 10.9. The van der Waals surface area contributed by atoms with Gasteiger partial charge < -0.3 is 15.7 Å². The van der Waals surface area contributed by atoms with E-state index in [-0.39, 0.29) is 18.6 Å². The summed E-state index contributed by atoms with van der Waals surface area (Å²) in [5, 5.41) is 20.4. The lowest BCUT2D eigenvalue weighted by Gasteiger charge is -2.15. The number of pyridine rings is 1. The summed E-state index contributed by atoms with van der Waals surface area (Å²) in [7, 11) is 0. The Bertz CT molecular complexity index is 1160. The highest BCUT2D eigenvalue weighted by Crippen LogP contribution is 2.23. The van der Waals surface area contributed by atoms with E-state index in [2.05, 4.69) is 68.8 Å². The van der Waals surface area contributed by atoms with E-state index < -0.39 is 0 Å². The molecule has 4 aromatic rings. The second kappa shape index (κ2) is 9.74. The van der Waals surface area contributed by atoms with Gasteiger partial charge in [0, 0.05) is 36.5 Å². The fraction of sp³-hybridized carbons (Fsp3) is 0.333. The fourth-order valence-electron chi connectivity index (χ4n) is 3.47. The van der Waals surface area contributed by atoms with E-state index in [1.54, 1.807) is 10.7 Å². The monoisotopic (exact) mass is 431 g/mol. The molecule has 0 saturated heterocycles. The maximum Gasteiger partial charge on any atom is 0.229 e. The topological polar surface area (TPSA) is 100 Å². The minimum absolute atomic E-state index is 0.0554. The first kappa shape index (κ1) is 21.7. The number of hydrogen-bond donors (Lipinski definition) is 3. The van der Waals surface area contributed by atoms with Crippen molar-refractivity contribution in [1.29, 1.82) is 0 Å². The van der Waals surface area contributed by atoms with Crippen molar-refractivity contribution in [2.24, 2.45) is 0 Å². The van der Waals surface area contributed by atoms with Crippen LogP contribution < -0.4 is 10.6 Å². The molecule has 0 amide bonds. The van der Waals surface area contributed by atoms with Crippen molar-refractivity contribution < 1.29 is 5.11 Å². The highest BCUT2D eigenvalue weighted by Gasteiger charge is 2.16. The number of anilines is 2. The third kappa shape index (κ3) is 4.86. The van der Waals surface area contributed by atoms with Crippen molar-refractivity contribution in [3.8, 4) is 11.3 Å². The molecule has 3 N–H and O–H groups in total. The van der Waals surface area contributed by atoms with Crippen molar-refractivity contribution in [2.75, 3.05) is 17.2 Å². The zero-order valence-electron chi connectivity index (χ0n) is 18.7. The van der Waals surface area contributed by atoms with Crippen molar-refractivity contribution >= 4 is 17.5 Å². The van der Waals surface area contributed by atoms with Crippen LogP contribution in [0.5, 0.6) is 0 Å². The number of aromatic nitrogens is 5. The highest BCUT2D eigenvalue weighted by atomic mass is 16.3. The lowest BCUT2D eigenvalue weighted by molar-refractivity contribution is 0.282. The van der Waals surface area contributed by atoms with Gasteiger partial charge in [-0.2, -0.15) is 19.6 Å². The molecule has 4 rings (SSSR count). The van der Waals surface area contributed by atoms with Gasteiger partial charge in [-0.1, -0.05) is 44.2 Å². The van der Waals surface area contributed by atoms with Gasteiger partial charge in [0.15, 0.2) is 5.65 Å². The molecule has 166 valence electrons. The van der Waals surface area contributed by atoms with Crippen molar-refractivity contribution in [3.63, 3.8) is 0 Å². The van der Waals surface area contributed by atoms with Crippen LogP contribution >= 0.6 is 0 Å². The zero-order valence-corrected chi connectivity index (χ0v) is 18.7. The molecule has 0 spiro atoms. The summed E-state index contributed by atoms with van der Waals surface area (Å²) in [6, 6.07) is 14.3. The molecule has 0 aliphatic rings. The fourth-order valence-corrected chi connectivity index (χ4v) is 3.47. The van der Waals surface area contributed by atoms with Crippen LogP contribution in [0, 0.1) is 0 Å². The van der Waals surface area contributed by atoms with E-state index in [1.807, 2.05) is 31.3 Å². The van der Waals surface area contributed by atoms with E-state index in [0.29, 0.717) is 24.9 Å². The smallest absolute Gasteiger partial charge is 0.229 e. The number of benzene rings is 1. The van der Waals surface area contributed by atoms with Crippen LogP contribution in [0.3, 0.4) is 0 Å². The minimum atomic E-state index is 0.0554. The predicted molar refractivity (Wildman–Crippen MR) is 127 cm³/mol. The Morgan fingerprint density at radius 2 is 1.84 bits per heavy atom. The van der Waals surface area contributed by atoms with Gasteiger partial charge >= 0.3 is 0 Å². The number of hydrogen-bond acceptors (Lipinski definition) is 7. The molecule has 1 atom stereocenters. The SMILES string of the molecule is CC(CCO)Nc1nc(NCc2ccc(-c3ccccn3)cc2)n2ncc(C(C)C)c2n1. The largest absolute Gasteiger partial charge is 0.396 e. The van der Waals surface area contributed by atoms with Crippen LogP contribution in [-0.2, 0) is 6.54 Å². The average Bonchev–Trinajstić information content (AvgIpc) is 3.23. The Kier molecular flexibility index (Phi) is 6.61. The van der Waals surface area contributed by atoms with Crippen molar-refractivity contribution in [2.45, 2.75) is 45.7 Å². The molecule has 8 heteroatoms. The highest BCUT2D eigenvalue weighted by molar-refractivity contribution is 5.59. The minimum Gasteiger partial charge on any atom is -0.396 e. The molecule has 1 unspecified atom stereocenters. The molecule has 0 aliphatic carbocycles. The average molecular weight is 432 g/mol. The van der Waals surface area contributed by atoms with Gasteiger partial charge in [-0.25, -0.2) is 0 Å². The number of rotatable bonds is 9. The van der Waals surface area contributed by atoms with Crippen molar-refractivity contribution in [1.82, 2.24) is 24.6 Å². The van der Waals surface area contributed by atoms with Crippen LogP contribution in [0.25, 0.3) is 16.9 Å². The van der Waals surface area contributed by atoms with Gasteiger partial charge in [0.05, 0.1) is 11.9 Å². The summed E-state index contributed by atoms with van der Waals surface area (Å²) in [5.74, 6) is 1.43. The number of aliphatic hydroxyl groups excluding tert-OH is 1. The lowest BCUT2D eigenvalue weighted by Crippen LogP contribution is -2.20. The van der Waals surface area contributed by atoms with Crippen LogP contribution in [-0.4, -0.2) is 42.3 Å². The van der Waals surface area contributed by atoms with E-state index in [4.69, 9.17) is 0 Å². The molecule has 0 bridgehead atoms. The Balaban J connectivity index is 1.57. The summed E-state index contributed by atoms with van der Waals surface area (Å²) in [6.45, 7) is 6.95. The van der Waals surface area contributed by atoms with Crippen LogP contribution in [0.4, 0.5) is 11.9 Å². The molecule has 1 aromatic carbocycles. The third-order valence-corrected chi connectivity index (χ3v) is 5.32. The molecule has 3 aromatic heterocycles. The molecule has 32 heavy (non-hydrogen) atoms. The van der Waals surface area contributed by atoms with E-state index in [1.165, 1.54) is 0 Å². The summed E-state index contributed by atoms with van der Waals surface area (Å²) >= 11 is 0. The van der Waals surface area contributed by atoms with Gasteiger partial charge in [0.1, 0.15) is 0 Å². The molecule has 0 fully saturated rings. The molecule has 8 nitrogen and oxygen atoms in total. The maximum atomic E-state index is 9.22. The van der Waals surface area contributed by atoms with Crippen LogP contribution in [0.15, 0.2) is 54.9 Å². The van der Waals surface area contributed by atoms with Gasteiger partial charge in [-0.3, -0.25) is 4.98 Å². The Morgan fingerprint density at radius 3 is 2.53 bits per heavy atom. The quantitative estimate of drug-likeness (QED) is 0.367. The van der Waals surface area contributed by atoms with Gasteiger partial charge in [0.25, 0.3) is 0 Å². The van der Waals surface area contributed by atoms with Crippen LogP contribution in [0.1, 0.15) is 44.2 Å². The lowest BCUT2D eigenvalue weighted by atomic mass is 10.1. The van der Waals surface area contributed by atoms with Gasteiger partial charge in [-0.15, -0.1) is 0 Å². The first-order valence-corrected chi connectivity index (χ1v) is 10.9. The second-order valence-electron chi connectivity index (χ2n) is 8.18. The van der Waals surface area contributed by atoms with E-state index in [0.717, 1.165) is 28.0 Å². The zero-order chi connectivity index (χ0) is 22.5. The standard InChI is InChI=1S/C24H29N7O/c1-16(2)20-15-27-31-22(20)29-23(28-17(3)11-13-32)30-24(31)26-14-18-7-9-19(10-8-18)21-6-4-5-12-25-21/h4-10,12,15-17,32H,11,13-14H2,1-3H3,(H2,26,28,29,30). The first-order chi connectivity index (χ1) is 15.5. The van der Waals surface area contributed by atoms with E-state index in [9.17, 15) is 5.11 Å². The summed E-state index contributed by atoms with van der Waals surface area (Å²) in [4.78, 5) is 13.7. The maximum absolute atomic E-state index is 9.22. The number of nitrogens with one attached hydrogen (secondary N) is 2. The van der Waals surface area contributed by atoms with Gasteiger partial charge in [0.2, 0.25) is 11.9 Å². The predicted octanol–water partition coefficient (Wildman–Crippen LogP) is 4.10.